The van der Waals surface area contributed by atoms with E-state index in [0.29, 0.717) is 16.5 Å². The van der Waals surface area contributed by atoms with Crippen LogP contribution in [0.5, 0.6) is 5.75 Å². The summed E-state index contributed by atoms with van der Waals surface area (Å²) in [5.41, 5.74) is 1.49. The van der Waals surface area contributed by atoms with Crippen LogP contribution in [-0.2, 0) is 4.79 Å². The van der Waals surface area contributed by atoms with Crippen LogP contribution in [0.3, 0.4) is 0 Å². The molecule has 1 aliphatic heterocycles. The van der Waals surface area contributed by atoms with Crippen molar-refractivity contribution >= 4 is 16.7 Å². The lowest BCUT2D eigenvalue weighted by Gasteiger charge is -2.38. The Morgan fingerprint density at radius 3 is 2.41 bits per heavy atom. The first-order chi connectivity index (χ1) is 12.5. The number of fused-ring (bicyclic) bond motifs is 1. The first-order valence-electron chi connectivity index (χ1n) is 8.84. The second kappa shape index (κ2) is 6.71. The molecule has 3 rings (SSSR count). The molecule has 1 fully saturated rings. The number of carbonyl (C=O) groups excluding carboxylic acids is 1. The molecule has 0 radical (unpaired) electrons. The zero-order valence-corrected chi connectivity index (χ0v) is 15.7. The van der Waals surface area contributed by atoms with Crippen LogP contribution in [0, 0.1) is 0 Å². The van der Waals surface area contributed by atoms with Crippen molar-refractivity contribution in [3.63, 3.8) is 0 Å². The molecular weight excluding hydrogens is 357 g/mol. The van der Waals surface area contributed by atoms with E-state index >= 15 is 0 Å². The predicted octanol–water partition coefficient (Wildman–Crippen LogP) is 4.75. The monoisotopic (exact) mass is 380 g/mol. The summed E-state index contributed by atoms with van der Waals surface area (Å²) in [5.74, 6) is -0.0515. The number of rotatable bonds is 4. The number of amides is 1. The van der Waals surface area contributed by atoms with Crippen molar-refractivity contribution in [2.75, 3.05) is 0 Å². The molecule has 0 spiro atoms. The Kier molecular flexibility index (Phi) is 4.84. The molecule has 4 nitrogen and oxygen atoms in total. The topological polar surface area (TPSA) is 41.6 Å². The fourth-order valence-electron chi connectivity index (χ4n) is 3.56. The minimum Gasteiger partial charge on any atom is -0.491 e. The molecule has 0 aliphatic carbocycles. The zero-order chi connectivity index (χ0) is 20.0. The SMILES string of the molecule is CC(C)Oc1cc([C@H](N2NC(=O)CC2(C)C)C(F)(F)F)c2ccccc2c1. The number of nitrogens with zero attached hydrogens (tertiary/aromatic N) is 1. The summed E-state index contributed by atoms with van der Waals surface area (Å²) in [5, 5.41) is 2.16. The number of hydrogen-bond acceptors (Lipinski definition) is 3. The fourth-order valence-corrected chi connectivity index (χ4v) is 3.56. The van der Waals surface area contributed by atoms with Gasteiger partial charge >= 0.3 is 6.18 Å². The lowest BCUT2D eigenvalue weighted by Crippen LogP contribution is -2.51. The van der Waals surface area contributed by atoms with E-state index in [1.165, 1.54) is 6.07 Å². The van der Waals surface area contributed by atoms with Crippen LogP contribution in [0.25, 0.3) is 10.8 Å². The molecule has 1 saturated heterocycles. The first kappa shape index (κ1) is 19.5. The molecular formula is C20H23F3N2O2. The number of halogens is 3. The molecule has 2 aromatic rings. The van der Waals surface area contributed by atoms with E-state index in [-0.39, 0.29) is 18.1 Å². The van der Waals surface area contributed by atoms with Gasteiger partial charge in [0.2, 0.25) is 5.91 Å². The summed E-state index contributed by atoms with van der Waals surface area (Å²) in [7, 11) is 0. The second-order valence-electron chi connectivity index (χ2n) is 7.74. The standard InChI is InChI=1S/C20H23F3N2O2/c1-12(2)27-14-9-13-7-5-6-8-15(13)16(10-14)18(20(21,22)23)25-19(3,4)11-17(26)24-25/h5-10,12,18H,11H2,1-4H3,(H,24,26)/t18-/m0/s1. The maximum Gasteiger partial charge on any atom is 0.409 e. The average Bonchev–Trinajstić information content (AvgIpc) is 2.78. The summed E-state index contributed by atoms with van der Waals surface area (Å²) < 4.78 is 48.3. The van der Waals surface area contributed by atoms with Crippen LogP contribution < -0.4 is 10.2 Å². The van der Waals surface area contributed by atoms with E-state index in [1.807, 2.05) is 13.8 Å². The molecule has 1 amide bonds. The number of benzene rings is 2. The van der Waals surface area contributed by atoms with E-state index in [1.54, 1.807) is 44.2 Å². The number of hydrogen-bond donors (Lipinski definition) is 1. The predicted molar refractivity (Wildman–Crippen MR) is 97.2 cm³/mol. The van der Waals surface area contributed by atoms with Crippen molar-refractivity contribution in [2.45, 2.75) is 58.0 Å². The Balaban J connectivity index is 2.23. The second-order valence-corrected chi connectivity index (χ2v) is 7.74. The lowest BCUT2D eigenvalue weighted by atomic mass is 9.93. The Morgan fingerprint density at radius 2 is 1.85 bits per heavy atom. The van der Waals surface area contributed by atoms with Gasteiger partial charge in [-0.1, -0.05) is 24.3 Å². The van der Waals surface area contributed by atoms with Gasteiger partial charge in [0.25, 0.3) is 0 Å². The van der Waals surface area contributed by atoms with Gasteiger partial charge in [-0.3, -0.25) is 10.2 Å². The largest absolute Gasteiger partial charge is 0.491 e. The van der Waals surface area contributed by atoms with Crippen LogP contribution in [0.2, 0.25) is 0 Å². The maximum absolute atomic E-state index is 14.2. The van der Waals surface area contributed by atoms with E-state index in [4.69, 9.17) is 4.74 Å². The molecule has 0 aromatic heterocycles. The van der Waals surface area contributed by atoms with E-state index in [2.05, 4.69) is 5.43 Å². The summed E-state index contributed by atoms with van der Waals surface area (Å²) in [6, 6.07) is 8.08. The highest BCUT2D eigenvalue weighted by Crippen LogP contribution is 2.45. The van der Waals surface area contributed by atoms with E-state index in [9.17, 15) is 18.0 Å². The van der Waals surface area contributed by atoms with Crippen molar-refractivity contribution in [2.24, 2.45) is 0 Å². The van der Waals surface area contributed by atoms with Gasteiger partial charge in [-0.25, -0.2) is 0 Å². The summed E-state index contributed by atoms with van der Waals surface area (Å²) in [6.45, 7) is 6.89. The minimum atomic E-state index is -4.59. The van der Waals surface area contributed by atoms with Gasteiger partial charge in [0.05, 0.1) is 6.10 Å². The lowest BCUT2D eigenvalue weighted by molar-refractivity contribution is -0.203. The molecule has 27 heavy (non-hydrogen) atoms. The van der Waals surface area contributed by atoms with Gasteiger partial charge in [0, 0.05) is 12.0 Å². The van der Waals surface area contributed by atoms with Crippen molar-refractivity contribution < 1.29 is 22.7 Å². The van der Waals surface area contributed by atoms with Crippen LogP contribution >= 0.6 is 0 Å². The Morgan fingerprint density at radius 1 is 1.19 bits per heavy atom. The smallest absolute Gasteiger partial charge is 0.409 e. The Hall–Kier alpha value is -2.28. The third-order valence-electron chi connectivity index (χ3n) is 4.59. The fraction of sp³-hybridized carbons (Fsp3) is 0.450. The summed E-state index contributed by atoms with van der Waals surface area (Å²) >= 11 is 0. The van der Waals surface area contributed by atoms with Gasteiger partial charge in [-0.15, -0.1) is 0 Å². The molecule has 146 valence electrons. The molecule has 0 saturated carbocycles. The highest BCUT2D eigenvalue weighted by Gasteiger charge is 2.53. The zero-order valence-electron chi connectivity index (χ0n) is 15.7. The molecule has 1 N–H and O–H groups in total. The third kappa shape index (κ3) is 3.88. The molecule has 0 unspecified atom stereocenters. The van der Waals surface area contributed by atoms with Crippen LogP contribution in [-0.4, -0.2) is 28.7 Å². The number of ether oxygens (including phenoxy) is 1. The van der Waals surface area contributed by atoms with Gasteiger partial charge in [0.1, 0.15) is 5.75 Å². The van der Waals surface area contributed by atoms with Crippen LogP contribution in [0.1, 0.15) is 45.7 Å². The third-order valence-corrected chi connectivity index (χ3v) is 4.59. The van der Waals surface area contributed by atoms with Crippen molar-refractivity contribution in [3.8, 4) is 5.75 Å². The summed E-state index contributed by atoms with van der Waals surface area (Å²) in [4.78, 5) is 11.9. The first-order valence-corrected chi connectivity index (χ1v) is 8.84. The maximum atomic E-state index is 14.2. The van der Waals surface area contributed by atoms with E-state index < -0.39 is 23.7 Å². The van der Waals surface area contributed by atoms with Gasteiger partial charge < -0.3 is 4.74 Å². The quantitative estimate of drug-likeness (QED) is 0.833. The van der Waals surface area contributed by atoms with Gasteiger partial charge in [0.15, 0.2) is 6.04 Å². The van der Waals surface area contributed by atoms with Crippen molar-refractivity contribution in [1.29, 1.82) is 0 Å². The Bertz CT molecular complexity index is 862. The van der Waals surface area contributed by atoms with Crippen molar-refractivity contribution in [3.05, 3.63) is 42.0 Å². The molecule has 1 aliphatic rings. The molecule has 7 heteroatoms. The van der Waals surface area contributed by atoms with Crippen molar-refractivity contribution in [1.82, 2.24) is 10.4 Å². The molecule has 1 heterocycles. The van der Waals surface area contributed by atoms with Crippen LogP contribution in [0.15, 0.2) is 36.4 Å². The summed E-state index contributed by atoms with van der Waals surface area (Å²) in [6.07, 6.45) is -4.76. The number of nitrogens with one attached hydrogen (secondary N) is 1. The average molecular weight is 380 g/mol. The number of carbonyl (C=O) groups is 1. The van der Waals surface area contributed by atoms with E-state index in [0.717, 1.165) is 5.01 Å². The molecule has 1 atom stereocenters. The molecule has 2 aromatic carbocycles. The normalized spacial score (nSPS) is 18.7. The highest BCUT2D eigenvalue weighted by molar-refractivity contribution is 5.88. The minimum absolute atomic E-state index is 0.000300. The molecule has 0 bridgehead atoms. The highest BCUT2D eigenvalue weighted by atomic mass is 19.4. The number of alkyl halides is 3. The van der Waals surface area contributed by atoms with Gasteiger partial charge in [-0.05, 0) is 56.2 Å². The Labute approximate surface area is 156 Å². The number of hydrazine groups is 1. The van der Waals surface area contributed by atoms with Gasteiger partial charge in [-0.2, -0.15) is 18.2 Å². The van der Waals surface area contributed by atoms with Crippen LogP contribution in [0.4, 0.5) is 13.2 Å².